The largest absolute Gasteiger partial charge is 0.481 e. The van der Waals surface area contributed by atoms with Gasteiger partial charge in [0, 0.05) is 0 Å². The molecule has 36 heavy (non-hydrogen) atoms. The lowest BCUT2D eigenvalue weighted by atomic mass is 10.2. The molecule has 0 aliphatic rings. The normalized spacial score (nSPS) is 11.4. The molecule has 0 spiro atoms. The molecule has 212 valence electrons. The third-order valence-electron chi connectivity index (χ3n) is 4.76. The first-order chi connectivity index (χ1) is 17.0. The van der Waals surface area contributed by atoms with Crippen LogP contribution in [0.5, 0.6) is 0 Å². The van der Waals surface area contributed by atoms with E-state index in [9.17, 15) is 29.4 Å². The lowest BCUT2D eigenvalue weighted by Crippen LogP contribution is -2.56. The van der Waals surface area contributed by atoms with Crippen molar-refractivity contribution in [2.45, 2.75) is 100 Å². The van der Waals surface area contributed by atoms with Gasteiger partial charge in [-0.15, -0.1) is 47.0 Å². The van der Waals surface area contributed by atoms with Crippen LogP contribution in [0, 0.1) is 0 Å². The molecule has 0 aromatic carbocycles. The van der Waals surface area contributed by atoms with E-state index in [0.717, 1.165) is 51.4 Å². The monoisotopic (exact) mass is 588 g/mol. The Morgan fingerprint density at radius 2 is 0.722 bits per heavy atom. The smallest absolute Gasteiger partial charge is 0.333 e. The molecule has 0 rings (SSSR count). The van der Waals surface area contributed by atoms with Crippen molar-refractivity contribution in [1.82, 2.24) is 0 Å². The molecule has 0 saturated carbocycles. The summed E-state index contributed by atoms with van der Waals surface area (Å²) in [6.45, 7) is 8.29. The van der Waals surface area contributed by atoms with Crippen molar-refractivity contribution in [1.29, 1.82) is 0 Å². The fourth-order valence-corrected chi connectivity index (χ4v) is 10.2. The van der Waals surface area contributed by atoms with Crippen LogP contribution in [0.15, 0.2) is 0 Å². The van der Waals surface area contributed by atoms with Crippen LogP contribution in [0.4, 0.5) is 0 Å². The molecule has 0 aromatic rings. The van der Waals surface area contributed by atoms with Gasteiger partial charge in [-0.05, 0) is 48.7 Å². The number of carboxylic acid groups (broad SMARTS) is 4. The molecule has 4 N–H and O–H groups in total. The number of thioether (sulfide) groups is 4. The zero-order valence-corrected chi connectivity index (χ0v) is 25.2. The van der Waals surface area contributed by atoms with E-state index in [1.54, 1.807) is 0 Å². The lowest BCUT2D eigenvalue weighted by Gasteiger charge is -2.43. The first-order valence-corrected chi connectivity index (χ1v) is 16.4. The van der Waals surface area contributed by atoms with Gasteiger partial charge in [-0.2, -0.15) is 0 Å². The Balaban J connectivity index is 0. The minimum Gasteiger partial charge on any atom is -0.481 e. The summed E-state index contributed by atoms with van der Waals surface area (Å²) in [4.78, 5) is 44.7. The average Bonchev–Trinajstić information content (AvgIpc) is 2.81. The predicted octanol–water partition coefficient (Wildman–Crippen LogP) is 6.62. The number of carbonyl (C=O) groups is 4. The molecule has 0 heterocycles. The van der Waals surface area contributed by atoms with E-state index >= 15 is 0 Å². The van der Waals surface area contributed by atoms with Crippen molar-refractivity contribution >= 4 is 70.9 Å². The lowest BCUT2D eigenvalue weighted by molar-refractivity contribution is -0.144. The quantitative estimate of drug-likeness (QED) is 0.0795. The van der Waals surface area contributed by atoms with Crippen LogP contribution >= 0.6 is 47.0 Å². The van der Waals surface area contributed by atoms with Crippen LogP contribution < -0.4 is 0 Å². The van der Waals surface area contributed by atoms with E-state index in [-0.39, 0.29) is 12.8 Å². The molecule has 8 nitrogen and oxygen atoms in total. The van der Waals surface area contributed by atoms with Gasteiger partial charge in [-0.1, -0.05) is 53.4 Å². The molecule has 0 bridgehead atoms. The number of rotatable bonds is 22. The Hall–Kier alpha value is -0.720. The van der Waals surface area contributed by atoms with Gasteiger partial charge in [0.25, 0.3) is 0 Å². The van der Waals surface area contributed by atoms with Gasteiger partial charge >= 0.3 is 23.9 Å². The maximum Gasteiger partial charge on any atom is 0.333 e. The van der Waals surface area contributed by atoms with Gasteiger partial charge in [-0.25, -0.2) is 9.59 Å². The number of hydrogen-bond acceptors (Lipinski definition) is 8. The molecule has 0 amide bonds. The zero-order valence-electron chi connectivity index (χ0n) is 22.0. The Morgan fingerprint density at radius 3 is 0.861 bits per heavy atom. The Morgan fingerprint density at radius 1 is 0.500 bits per heavy atom. The molecule has 0 aromatic heterocycles. The van der Waals surface area contributed by atoms with Crippen LogP contribution in [0.1, 0.15) is 91.9 Å². The Labute approximate surface area is 232 Å². The summed E-state index contributed by atoms with van der Waals surface area (Å²) in [6.07, 6.45) is 6.84. The van der Waals surface area contributed by atoms with E-state index in [1.807, 2.05) is 0 Å². The molecule has 0 radical (unpaired) electrons. The fourth-order valence-electron chi connectivity index (χ4n) is 2.65. The number of carboxylic acids is 4. The first kappa shape index (κ1) is 37.4. The van der Waals surface area contributed by atoms with Gasteiger partial charge in [0.05, 0.1) is 12.8 Å². The SMILES string of the molecule is CCCCSC(SCCCC)(C(=O)O)C(SCCCC)(SCCCC)C(=O)O.O=C(O)CCC(=O)O. The number of aliphatic carboxylic acids is 4. The van der Waals surface area contributed by atoms with Crippen molar-refractivity contribution in [2.75, 3.05) is 23.0 Å². The van der Waals surface area contributed by atoms with E-state index < -0.39 is 32.0 Å². The van der Waals surface area contributed by atoms with Crippen LogP contribution in [-0.4, -0.2) is 75.5 Å². The van der Waals surface area contributed by atoms with Crippen LogP contribution in [0.3, 0.4) is 0 Å². The highest BCUT2D eigenvalue weighted by Crippen LogP contribution is 2.59. The summed E-state index contributed by atoms with van der Waals surface area (Å²) in [7, 11) is 0. The molecule has 12 heteroatoms. The van der Waals surface area contributed by atoms with Gasteiger partial charge < -0.3 is 20.4 Å². The second-order valence-corrected chi connectivity index (χ2v) is 13.7. The van der Waals surface area contributed by atoms with E-state index in [2.05, 4.69) is 27.7 Å². The molecular weight excluding hydrogens is 545 g/mol. The molecule has 0 aliphatic heterocycles. The Bertz CT molecular complexity index is 572. The maximum absolute atomic E-state index is 12.7. The van der Waals surface area contributed by atoms with Crippen molar-refractivity contribution in [3.05, 3.63) is 0 Å². The number of unbranched alkanes of at least 4 members (excludes halogenated alkanes) is 4. The molecule has 0 unspecified atom stereocenters. The fraction of sp³-hybridized carbons (Fsp3) is 0.833. The minimum atomic E-state index is -1.39. The van der Waals surface area contributed by atoms with E-state index in [4.69, 9.17) is 10.2 Å². The predicted molar refractivity (Wildman–Crippen MR) is 155 cm³/mol. The summed E-state index contributed by atoms with van der Waals surface area (Å²) in [5.74, 6) is -1.48. The Kier molecular flexibility index (Phi) is 23.2. The van der Waals surface area contributed by atoms with Crippen LogP contribution in [-0.2, 0) is 19.2 Å². The summed E-state index contributed by atoms with van der Waals surface area (Å²) >= 11 is 5.38. The highest BCUT2D eigenvalue weighted by Gasteiger charge is 2.63. The molecule has 0 aliphatic carbocycles. The van der Waals surface area contributed by atoms with Crippen molar-refractivity contribution < 1.29 is 39.6 Å². The van der Waals surface area contributed by atoms with Gasteiger partial charge in [0.2, 0.25) is 0 Å². The second-order valence-electron chi connectivity index (χ2n) is 7.94. The third-order valence-corrected chi connectivity index (χ3v) is 12.2. The van der Waals surface area contributed by atoms with Crippen molar-refractivity contribution in [2.24, 2.45) is 0 Å². The summed E-state index contributed by atoms with van der Waals surface area (Å²) in [6, 6.07) is 0. The number of hydrogen-bond donors (Lipinski definition) is 4. The minimum absolute atomic E-state index is 0.296. The van der Waals surface area contributed by atoms with Gasteiger partial charge in [-0.3, -0.25) is 9.59 Å². The summed E-state index contributed by atoms with van der Waals surface area (Å²) in [5, 5.41) is 36.6. The average molecular weight is 589 g/mol. The van der Waals surface area contributed by atoms with Crippen LogP contribution in [0.2, 0.25) is 0 Å². The van der Waals surface area contributed by atoms with Crippen molar-refractivity contribution in [3.63, 3.8) is 0 Å². The highest BCUT2D eigenvalue weighted by molar-refractivity contribution is 8.26. The molecule has 0 fully saturated rings. The molecule has 0 atom stereocenters. The summed E-state index contributed by atoms with van der Waals surface area (Å²) in [5.41, 5.74) is 0. The van der Waals surface area contributed by atoms with Gasteiger partial charge in [0.1, 0.15) is 0 Å². The molecule has 0 saturated heterocycles. The van der Waals surface area contributed by atoms with E-state index in [0.29, 0.717) is 23.0 Å². The van der Waals surface area contributed by atoms with E-state index in [1.165, 1.54) is 47.0 Å². The summed E-state index contributed by atoms with van der Waals surface area (Å²) < 4.78 is -2.78. The standard InChI is InChI=1S/C20H38O4S4.C4H6O4/c1-5-9-13-25-19(17(21)22,26-14-10-6-2)20(18(23)24,27-15-11-7-3)28-16-12-8-4;5-3(6)1-2-4(7)8/h5-16H2,1-4H3,(H,21,22)(H,23,24);1-2H2,(H,5,6)(H,7,8). The third kappa shape index (κ3) is 14.3. The second kappa shape index (κ2) is 22.3. The van der Waals surface area contributed by atoms with Crippen LogP contribution in [0.25, 0.3) is 0 Å². The topological polar surface area (TPSA) is 149 Å². The highest BCUT2D eigenvalue weighted by atomic mass is 32.2. The van der Waals surface area contributed by atoms with Crippen molar-refractivity contribution in [3.8, 4) is 0 Å². The first-order valence-electron chi connectivity index (χ1n) is 12.5. The molecular formula is C24H44O8S4. The van der Waals surface area contributed by atoms with Gasteiger partial charge in [0.15, 0.2) is 8.16 Å². The maximum atomic E-state index is 12.7. The zero-order chi connectivity index (χ0) is 28.0.